The highest BCUT2D eigenvalue weighted by molar-refractivity contribution is 5.26. The van der Waals surface area contributed by atoms with E-state index in [1.807, 2.05) is 13.8 Å². The first-order valence-electron chi connectivity index (χ1n) is 4.04. The fourth-order valence-electron chi connectivity index (χ4n) is 0.929. The second-order valence-corrected chi connectivity index (χ2v) is 2.94. The van der Waals surface area contributed by atoms with E-state index in [-0.39, 0.29) is 6.10 Å². The molecule has 1 rings (SSSR count). The Morgan fingerprint density at radius 3 is 2.25 bits per heavy atom. The second kappa shape index (κ2) is 4.10. The zero-order valence-corrected chi connectivity index (χ0v) is 7.38. The molecule has 0 radical (unpaired) electrons. The molecule has 0 aliphatic rings. The lowest BCUT2D eigenvalue weighted by Gasteiger charge is -2.09. The molecule has 12 heavy (non-hydrogen) atoms. The minimum atomic E-state index is -0.415. The summed E-state index contributed by atoms with van der Waals surface area (Å²) in [4.78, 5) is 0. The average molecular weight is 168 g/mol. The van der Waals surface area contributed by atoms with Crippen molar-refractivity contribution in [2.75, 3.05) is 0 Å². The number of hydrogen-bond donors (Lipinski definition) is 0. The lowest BCUT2D eigenvalue weighted by molar-refractivity contribution is 0.242. The van der Waals surface area contributed by atoms with Crippen LogP contribution in [0, 0.1) is 0 Å². The normalized spacial score (nSPS) is 10.3. The molecular weight excluding hydrogens is 155 g/mol. The summed E-state index contributed by atoms with van der Waals surface area (Å²) in [7, 11) is 0. The van der Waals surface area contributed by atoms with E-state index in [2.05, 4.69) is 0 Å². The van der Waals surface area contributed by atoms with E-state index < -0.39 is 6.67 Å². The van der Waals surface area contributed by atoms with Gasteiger partial charge in [-0.3, -0.25) is 0 Å². The minimum absolute atomic E-state index is 0.168. The van der Waals surface area contributed by atoms with Crippen molar-refractivity contribution in [3.63, 3.8) is 0 Å². The molecular formula is C10H13FO. The molecule has 66 valence electrons. The lowest BCUT2D eigenvalue weighted by Crippen LogP contribution is -2.05. The standard InChI is InChI=1S/C10H13FO/c1-8(2)12-10-5-3-9(7-11)4-6-10/h3-6,8H,7H2,1-2H3. The topological polar surface area (TPSA) is 9.23 Å². The molecule has 0 saturated heterocycles. The highest BCUT2D eigenvalue weighted by atomic mass is 19.1. The van der Waals surface area contributed by atoms with Crippen molar-refractivity contribution in [2.24, 2.45) is 0 Å². The van der Waals surface area contributed by atoms with Crippen LogP contribution in [0.1, 0.15) is 19.4 Å². The molecule has 0 aliphatic heterocycles. The maximum absolute atomic E-state index is 12.1. The maximum Gasteiger partial charge on any atom is 0.119 e. The van der Waals surface area contributed by atoms with Gasteiger partial charge in [-0.1, -0.05) is 12.1 Å². The van der Waals surface area contributed by atoms with E-state index >= 15 is 0 Å². The summed E-state index contributed by atoms with van der Waals surface area (Å²) in [5.41, 5.74) is 0.686. The Balaban J connectivity index is 2.65. The van der Waals surface area contributed by atoms with Crippen LogP contribution in [0.2, 0.25) is 0 Å². The summed E-state index contributed by atoms with van der Waals surface area (Å²) in [5, 5.41) is 0. The monoisotopic (exact) mass is 168 g/mol. The molecule has 0 heterocycles. The lowest BCUT2D eigenvalue weighted by atomic mass is 10.2. The van der Waals surface area contributed by atoms with Gasteiger partial charge in [0.15, 0.2) is 0 Å². The van der Waals surface area contributed by atoms with Gasteiger partial charge in [-0.05, 0) is 31.5 Å². The molecule has 0 fully saturated rings. The quantitative estimate of drug-likeness (QED) is 0.674. The van der Waals surface area contributed by atoms with Gasteiger partial charge in [0.1, 0.15) is 12.4 Å². The van der Waals surface area contributed by atoms with E-state index in [4.69, 9.17) is 4.74 Å². The zero-order valence-electron chi connectivity index (χ0n) is 7.38. The average Bonchev–Trinajstić information content (AvgIpc) is 2.05. The van der Waals surface area contributed by atoms with Crippen molar-refractivity contribution in [1.29, 1.82) is 0 Å². The van der Waals surface area contributed by atoms with Crippen LogP contribution >= 0.6 is 0 Å². The summed E-state index contributed by atoms with van der Waals surface area (Å²) in [6.07, 6.45) is 0.168. The first-order chi connectivity index (χ1) is 5.72. The van der Waals surface area contributed by atoms with Crippen LogP contribution in [-0.4, -0.2) is 6.10 Å². The van der Waals surface area contributed by atoms with Crippen molar-refractivity contribution >= 4 is 0 Å². The van der Waals surface area contributed by atoms with Crippen molar-refractivity contribution < 1.29 is 9.13 Å². The van der Waals surface area contributed by atoms with Crippen LogP contribution in [-0.2, 0) is 6.67 Å². The predicted molar refractivity (Wildman–Crippen MR) is 47.0 cm³/mol. The first kappa shape index (κ1) is 9.04. The van der Waals surface area contributed by atoms with E-state index in [1.165, 1.54) is 0 Å². The van der Waals surface area contributed by atoms with Crippen molar-refractivity contribution in [3.8, 4) is 5.75 Å². The van der Waals surface area contributed by atoms with Crippen LogP contribution in [0.5, 0.6) is 5.75 Å². The highest BCUT2D eigenvalue weighted by Gasteiger charge is 1.96. The molecule has 1 nitrogen and oxygen atoms in total. The third-order valence-electron chi connectivity index (χ3n) is 1.45. The largest absolute Gasteiger partial charge is 0.491 e. The van der Waals surface area contributed by atoms with Gasteiger partial charge in [0.05, 0.1) is 6.10 Å². The minimum Gasteiger partial charge on any atom is -0.491 e. The molecule has 0 amide bonds. The molecule has 2 heteroatoms. The van der Waals surface area contributed by atoms with Gasteiger partial charge in [0.25, 0.3) is 0 Å². The van der Waals surface area contributed by atoms with Gasteiger partial charge in [0, 0.05) is 0 Å². The van der Waals surface area contributed by atoms with Crippen LogP contribution in [0.3, 0.4) is 0 Å². The fourth-order valence-corrected chi connectivity index (χ4v) is 0.929. The van der Waals surface area contributed by atoms with Crippen LogP contribution in [0.4, 0.5) is 4.39 Å². The molecule has 1 aromatic rings. The van der Waals surface area contributed by atoms with E-state index in [9.17, 15) is 4.39 Å². The maximum atomic E-state index is 12.1. The molecule has 1 aromatic carbocycles. The first-order valence-corrected chi connectivity index (χ1v) is 4.04. The van der Waals surface area contributed by atoms with E-state index in [1.54, 1.807) is 24.3 Å². The summed E-state index contributed by atoms with van der Waals surface area (Å²) in [5.74, 6) is 0.794. The third kappa shape index (κ3) is 2.53. The molecule has 0 saturated carbocycles. The highest BCUT2D eigenvalue weighted by Crippen LogP contribution is 2.13. The number of hydrogen-bond acceptors (Lipinski definition) is 1. The van der Waals surface area contributed by atoms with Crippen molar-refractivity contribution in [2.45, 2.75) is 26.6 Å². The molecule has 0 aliphatic carbocycles. The van der Waals surface area contributed by atoms with Gasteiger partial charge in [-0.25, -0.2) is 4.39 Å². The van der Waals surface area contributed by atoms with Gasteiger partial charge in [0.2, 0.25) is 0 Å². The number of alkyl halides is 1. The SMILES string of the molecule is CC(C)Oc1ccc(CF)cc1. The molecule has 0 aromatic heterocycles. The Bertz CT molecular complexity index is 228. The number of ether oxygens (including phenoxy) is 1. The smallest absolute Gasteiger partial charge is 0.119 e. The molecule has 0 unspecified atom stereocenters. The van der Waals surface area contributed by atoms with Crippen molar-refractivity contribution in [1.82, 2.24) is 0 Å². The van der Waals surface area contributed by atoms with Gasteiger partial charge in [-0.2, -0.15) is 0 Å². The Morgan fingerprint density at radius 2 is 1.83 bits per heavy atom. The summed E-state index contributed by atoms with van der Waals surface area (Å²) < 4.78 is 17.5. The molecule has 0 atom stereocenters. The van der Waals surface area contributed by atoms with E-state index in [0.717, 1.165) is 5.75 Å². The molecule has 0 bridgehead atoms. The Kier molecular flexibility index (Phi) is 3.09. The number of rotatable bonds is 3. The summed E-state index contributed by atoms with van der Waals surface area (Å²) in [6.45, 7) is 3.51. The van der Waals surface area contributed by atoms with Crippen LogP contribution in [0.25, 0.3) is 0 Å². The molecule has 0 spiro atoms. The second-order valence-electron chi connectivity index (χ2n) is 2.94. The number of halogens is 1. The Morgan fingerprint density at radius 1 is 1.25 bits per heavy atom. The zero-order chi connectivity index (χ0) is 8.97. The van der Waals surface area contributed by atoms with Gasteiger partial charge >= 0.3 is 0 Å². The summed E-state index contributed by atoms with van der Waals surface area (Å²) in [6, 6.07) is 7.04. The van der Waals surface area contributed by atoms with Crippen molar-refractivity contribution in [3.05, 3.63) is 29.8 Å². The number of benzene rings is 1. The van der Waals surface area contributed by atoms with Crippen LogP contribution < -0.4 is 4.74 Å². The third-order valence-corrected chi connectivity index (χ3v) is 1.45. The Hall–Kier alpha value is -1.05. The van der Waals surface area contributed by atoms with E-state index in [0.29, 0.717) is 5.56 Å². The van der Waals surface area contributed by atoms with Gasteiger partial charge < -0.3 is 4.74 Å². The van der Waals surface area contributed by atoms with Gasteiger partial charge in [-0.15, -0.1) is 0 Å². The molecule has 0 N–H and O–H groups in total. The summed E-state index contributed by atoms with van der Waals surface area (Å²) >= 11 is 0. The van der Waals surface area contributed by atoms with Crippen LogP contribution in [0.15, 0.2) is 24.3 Å². The fraction of sp³-hybridized carbons (Fsp3) is 0.400. The Labute approximate surface area is 72.2 Å². The predicted octanol–water partition coefficient (Wildman–Crippen LogP) is 2.94.